The molecule has 2 heterocycles. The van der Waals surface area contributed by atoms with Crippen molar-refractivity contribution in [2.24, 2.45) is 4.99 Å². The zero-order valence-electron chi connectivity index (χ0n) is 16.9. The van der Waals surface area contributed by atoms with E-state index in [4.69, 9.17) is 19.2 Å². The zero-order valence-corrected chi connectivity index (χ0v) is 16.9. The SMILES string of the molecule is CCNC(=NCCOc1c(C)cccc1C)N1CCOC(C2CCCO2)C1. The highest BCUT2D eigenvalue weighted by Gasteiger charge is 2.32. The van der Waals surface area contributed by atoms with Crippen molar-refractivity contribution in [2.45, 2.75) is 45.8 Å². The largest absolute Gasteiger partial charge is 0.491 e. The van der Waals surface area contributed by atoms with Crippen molar-refractivity contribution < 1.29 is 14.2 Å². The summed E-state index contributed by atoms with van der Waals surface area (Å²) >= 11 is 0. The summed E-state index contributed by atoms with van der Waals surface area (Å²) in [6.45, 7) is 11.5. The van der Waals surface area contributed by atoms with Crippen LogP contribution in [0.1, 0.15) is 30.9 Å². The lowest BCUT2D eigenvalue weighted by Gasteiger charge is -2.37. The Kier molecular flexibility index (Phi) is 7.35. The average molecular weight is 376 g/mol. The molecule has 0 aromatic heterocycles. The Balaban J connectivity index is 1.55. The second-order valence-electron chi connectivity index (χ2n) is 7.21. The van der Waals surface area contributed by atoms with Crippen LogP contribution in [-0.2, 0) is 9.47 Å². The van der Waals surface area contributed by atoms with Gasteiger partial charge in [0.2, 0.25) is 0 Å². The van der Waals surface area contributed by atoms with Gasteiger partial charge in [-0.05, 0) is 44.7 Å². The Morgan fingerprint density at radius 2 is 2.00 bits per heavy atom. The number of nitrogens with one attached hydrogen (secondary N) is 1. The maximum absolute atomic E-state index is 5.99. The highest BCUT2D eigenvalue weighted by Crippen LogP contribution is 2.22. The molecule has 0 bridgehead atoms. The normalized spacial score (nSPS) is 23.5. The minimum atomic E-state index is 0.135. The second kappa shape index (κ2) is 9.95. The van der Waals surface area contributed by atoms with E-state index >= 15 is 0 Å². The quantitative estimate of drug-likeness (QED) is 0.470. The Morgan fingerprint density at radius 1 is 1.22 bits per heavy atom. The number of aliphatic imine (C=N–C) groups is 1. The van der Waals surface area contributed by atoms with Crippen LogP contribution in [0.25, 0.3) is 0 Å². The lowest BCUT2D eigenvalue weighted by Crippen LogP contribution is -2.53. The first-order chi connectivity index (χ1) is 13.2. The minimum Gasteiger partial charge on any atom is -0.491 e. The van der Waals surface area contributed by atoms with Crippen LogP contribution in [0.15, 0.2) is 23.2 Å². The first kappa shape index (κ1) is 20.0. The molecule has 0 spiro atoms. The molecule has 0 saturated carbocycles. The van der Waals surface area contributed by atoms with Crippen LogP contribution in [-0.4, -0.2) is 69.1 Å². The number of ether oxygens (including phenoxy) is 3. The van der Waals surface area contributed by atoms with Crippen molar-refractivity contribution in [3.05, 3.63) is 29.3 Å². The molecule has 27 heavy (non-hydrogen) atoms. The van der Waals surface area contributed by atoms with E-state index in [-0.39, 0.29) is 12.2 Å². The maximum atomic E-state index is 5.99. The molecule has 150 valence electrons. The van der Waals surface area contributed by atoms with E-state index in [2.05, 4.69) is 49.2 Å². The molecule has 0 aliphatic carbocycles. The summed E-state index contributed by atoms with van der Waals surface area (Å²) in [4.78, 5) is 7.07. The highest BCUT2D eigenvalue weighted by molar-refractivity contribution is 5.80. The van der Waals surface area contributed by atoms with E-state index in [0.29, 0.717) is 19.8 Å². The fourth-order valence-corrected chi connectivity index (χ4v) is 3.74. The van der Waals surface area contributed by atoms with Crippen LogP contribution in [0.4, 0.5) is 0 Å². The molecule has 6 nitrogen and oxygen atoms in total. The van der Waals surface area contributed by atoms with Crippen LogP contribution < -0.4 is 10.1 Å². The monoisotopic (exact) mass is 375 g/mol. The summed E-state index contributed by atoms with van der Waals surface area (Å²) in [5.74, 6) is 1.91. The number of benzene rings is 1. The smallest absolute Gasteiger partial charge is 0.194 e. The number of aryl methyl sites for hydroxylation is 2. The first-order valence-corrected chi connectivity index (χ1v) is 10.1. The van der Waals surface area contributed by atoms with Crippen LogP contribution in [0.3, 0.4) is 0 Å². The van der Waals surface area contributed by atoms with Crippen LogP contribution in [0.2, 0.25) is 0 Å². The van der Waals surface area contributed by atoms with Crippen molar-refractivity contribution in [1.29, 1.82) is 0 Å². The number of hydrogen-bond acceptors (Lipinski definition) is 4. The van der Waals surface area contributed by atoms with Gasteiger partial charge in [-0.25, -0.2) is 4.99 Å². The van der Waals surface area contributed by atoms with E-state index < -0.39 is 0 Å². The third-order valence-electron chi connectivity index (χ3n) is 5.12. The van der Waals surface area contributed by atoms with Gasteiger partial charge in [0.15, 0.2) is 5.96 Å². The molecule has 2 aliphatic heterocycles. The van der Waals surface area contributed by atoms with Crippen molar-refractivity contribution in [3.63, 3.8) is 0 Å². The summed E-state index contributed by atoms with van der Waals surface area (Å²) in [7, 11) is 0. The highest BCUT2D eigenvalue weighted by atomic mass is 16.5. The predicted octanol–water partition coefficient (Wildman–Crippen LogP) is 2.53. The molecule has 1 N–H and O–H groups in total. The standard InChI is InChI=1S/C21H33N3O3/c1-4-22-21(23-10-13-27-20-16(2)7-5-8-17(20)3)24-11-14-26-19(15-24)18-9-6-12-25-18/h5,7-8,18-19H,4,6,9-15H2,1-3H3,(H,22,23). The number of rotatable bonds is 6. The number of hydrogen-bond donors (Lipinski definition) is 1. The van der Waals surface area contributed by atoms with Gasteiger partial charge in [-0.3, -0.25) is 0 Å². The van der Waals surface area contributed by atoms with Crippen LogP contribution in [0, 0.1) is 13.8 Å². The van der Waals surface area contributed by atoms with E-state index in [1.807, 2.05) is 0 Å². The third kappa shape index (κ3) is 5.36. The molecular weight excluding hydrogens is 342 g/mol. The summed E-state index contributed by atoms with van der Waals surface area (Å²) in [5.41, 5.74) is 2.33. The topological polar surface area (TPSA) is 55.3 Å². The number of guanidine groups is 1. The summed E-state index contributed by atoms with van der Waals surface area (Å²) in [6.07, 6.45) is 2.59. The van der Waals surface area contributed by atoms with E-state index in [1.165, 1.54) is 11.1 Å². The molecule has 1 aromatic carbocycles. The Bertz CT molecular complexity index is 609. The summed E-state index contributed by atoms with van der Waals surface area (Å²) < 4.78 is 17.8. The van der Waals surface area contributed by atoms with Crippen molar-refractivity contribution >= 4 is 5.96 Å². The summed E-state index contributed by atoms with van der Waals surface area (Å²) in [6, 6.07) is 6.21. The lowest BCUT2D eigenvalue weighted by molar-refractivity contribution is -0.0817. The van der Waals surface area contributed by atoms with E-state index in [1.54, 1.807) is 0 Å². The van der Waals surface area contributed by atoms with Gasteiger partial charge in [-0.2, -0.15) is 0 Å². The van der Waals surface area contributed by atoms with Crippen LogP contribution in [0.5, 0.6) is 5.75 Å². The molecule has 2 atom stereocenters. The van der Waals surface area contributed by atoms with Gasteiger partial charge < -0.3 is 24.4 Å². The third-order valence-corrected chi connectivity index (χ3v) is 5.12. The van der Waals surface area contributed by atoms with Crippen molar-refractivity contribution in [1.82, 2.24) is 10.2 Å². The molecule has 2 fully saturated rings. The molecule has 1 aromatic rings. The Morgan fingerprint density at radius 3 is 2.70 bits per heavy atom. The zero-order chi connectivity index (χ0) is 19.1. The van der Waals surface area contributed by atoms with Crippen molar-refractivity contribution in [3.8, 4) is 5.75 Å². The lowest BCUT2D eigenvalue weighted by atomic mass is 10.1. The molecule has 6 heteroatoms. The van der Waals surface area contributed by atoms with Gasteiger partial charge in [0, 0.05) is 26.2 Å². The number of nitrogens with zero attached hydrogens (tertiary/aromatic N) is 2. The van der Waals surface area contributed by atoms with Gasteiger partial charge in [-0.1, -0.05) is 18.2 Å². The fraction of sp³-hybridized carbons (Fsp3) is 0.667. The number of para-hydroxylation sites is 1. The molecular formula is C21H33N3O3. The van der Waals surface area contributed by atoms with E-state index in [9.17, 15) is 0 Å². The Hall–Kier alpha value is -1.79. The molecule has 2 unspecified atom stereocenters. The van der Waals surface area contributed by atoms with Gasteiger partial charge in [0.05, 0.1) is 19.3 Å². The summed E-state index contributed by atoms with van der Waals surface area (Å²) in [5, 5.41) is 3.41. The number of morpholine rings is 1. The molecule has 0 radical (unpaired) electrons. The van der Waals surface area contributed by atoms with Crippen LogP contribution >= 0.6 is 0 Å². The maximum Gasteiger partial charge on any atom is 0.194 e. The molecule has 0 amide bonds. The van der Waals surface area contributed by atoms with Gasteiger partial charge in [0.1, 0.15) is 18.5 Å². The Labute approximate surface area is 162 Å². The average Bonchev–Trinajstić information content (AvgIpc) is 3.21. The van der Waals surface area contributed by atoms with Gasteiger partial charge >= 0.3 is 0 Å². The first-order valence-electron chi connectivity index (χ1n) is 10.1. The second-order valence-corrected chi connectivity index (χ2v) is 7.21. The fourth-order valence-electron chi connectivity index (χ4n) is 3.74. The van der Waals surface area contributed by atoms with Crippen molar-refractivity contribution in [2.75, 3.05) is 46.0 Å². The molecule has 2 aliphatic rings. The molecule has 3 rings (SSSR count). The minimum absolute atomic E-state index is 0.135. The molecule has 2 saturated heterocycles. The van der Waals surface area contributed by atoms with Gasteiger partial charge in [0.25, 0.3) is 0 Å². The van der Waals surface area contributed by atoms with E-state index in [0.717, 1.165) is 50.8 Å². The van der Waals surface area contributed by atoms with Gasteiger partial charge in [-0.15, -0.1) is 0 Å². The predicted molar refractivity (Wildman–Crippen MR) is 108 cm³/mol.